The second-order valence-corrected chi connectivity index (χ2v) is 3.19. The highest BCUT2D eigenvalue weighted by molar-refractivity contribution is 9.10. The van der Waals surface area contributed by atoms with Gasteiger partial charge in [-0.2, -0.15) is 0 Å². The second kappa shape index (κ2) is 3.27. The van der Waals surface area contributed by atoms with E-state index in [1.54, 1.807) is 16.9 Å². The van der Waals surface area contributed by atoms with Crippen LogP contribution in [0.4, 0.5) is 5.95 Å². The zero-order valence-electron chi connectivity index (χ0n) is 6.61. The molecule has 2 aromatic heterocycles. The molecule has 2 aromatic rings. The van der Waals surface area contributed by atoms with Crippen LogP contribution < -0.4 is 11.1 Å². The molecule has 13 heavy (non-hydrogen) atoms. The third-order valence-electron chi connectivity index (χ3n) is 1.55. The fraction of sp³-hybridized carbons (Fsp3) is 0.167. The van der Waals surface area contributed by atoms with Crippen molar-refractivity contribution in [3.63, 3.8) is 0 Å². The number of nitrogens with two attached hydrogens (primary N) is 1. The molecule has 3 N–H and O–H groups in total. The second-order valence-electron chi connectivity index (χ2n) is 2.34. The van der Waals surface area contributed by atoms with E-state index in [1.807, 2.05) is 0 Å². The lowest BCUT2D eigenvalue weighted by atomic mass is 10.6. The minimum atomic E-state index is 0.321. The zero-order chi connectivity index (χ0) is 9.26. The van der Waals surface area contributed by atoms with Crippen molar-refractivity contribution in [3.05, 3.63) is 17.0 Å². The summed E-state index contributed by atoms with van der Waals surface area (Å²) in [7, 11) is 0. The molecule has 0 saturated carbocycles. The number of anilines is 1. The largest absolute Gasteiger partial charge is 0.343 e. The van der Waals surface area contributed by atoms with Crippen molar-refractivity contribution in [1.29, 1.82) is 0 Å². The number of aromatic nitrogens is 4. The van der Waals surface area contributed by atoms with Crippen molar-refractivity contribution in [1.82, 2.24) is 19.6 Å². The van der Waals surface area contributed by atoms with E-state index in [4.69, 9.17) is 5.73 Å². The first kappa shape index (κ1) is 8.39. The Hall–Kier alpha value is -1.21. The molecule has 7 heteroatoms. The molecule has 0 unspecified atom stereocenters. The quantitative estimate of drug-likeness (QED) is 0.737. The first-order valence-electron chi connectivity index (χ1n) is 3.61. The Morgan fingerprint density at radius 1 is 1.62 bits per heavy atom. The lowest BCUT2D eigenvalue weighted by Gasteiger charge is -2.04. The van der Waals surface area contributed by atoms with Crippen LogP contribution in [-0.2, 0) is 0 Å². The molecular formula is C6H7BrN6. The molecule has 0 fully saturated rings. The lowest BCUT2D eigenvalue weighted by Crippen LogP contribution is -2.14. The first-order chi connectivity index (χ1) is 6.33. The molecule has 2 rings (SSSR count). The van der Waals surface area contributed by atoms with Crippen molar-refractivity contribution in [2.24, 2.45) is 5.73 Å². The van der Waals surface area contributed by atoms with Gasteiger partial charge in [0.1, 0.15) is 6.33 Å². The molecule has 0 atom stereocenters. The van der Waals surface area contributed by atoms with Crippen molar-refractivity contribution in [2.45, 2.75) is 0 Å². The summed E-state index contributed by atoms with van der Waals surface area (Å²) < 4.78 is 2.52. The fourth-order valence-electron chi connectivity index (χ4n) is 1.01. The maximum atomic E-state index is 5.34. The van der Waals surface area contributed by atoms with E-state index < -0.39 is 0 Å². The highest BCUT2D eigenvalue weighted by Gasteiger charge is 2.05. The number of nitrogens with zero attached hydrogens (tertiary/aromatic N) is 4. The van der Waals surface area contributed by atoms with Crippen molar-refractivity contribution in [3.8, 4) is 0 Å². The molecule has 0 radical (unpaired) electrons. The monoisotopic (exact) mass is 242 g/mol. The van der Waals surface area contributed by atoms with Gasteiger partial charge in [0.05, 0.1) is 11.1 Å². The molecule has 0 aromatic carbocycles. The van der Waals surface area contributed by atoms with Crippen LogP contribution in [0, 0.1) is 0 Å². The first-order valence-corrected chi connectivity index (χ1v) is 4.40. The van der Waals surface area contributed by atoms with Crippen LogP contribution in [0.2, 0.25) is 0 Å². The molecule has 0 amide bonds. The van der Waals surface area contributed by atoms with Gasteiger partial charge in [0.15, 0.2) is 5.65 Å². The third-order valence-corrected chi connectivity index (χ3v) is 2.11. The van der Waals surface area contributed by atoms with E-state index in [0.29, 0.717) is 18.3 Å². The number of hydrogen-bond acceptors (Lipinski definition) is 5. The average molecular weight is 243 g/mol. The van der Waals surface area contributed by atoms with Gasteiger partial charge in [0.2, 0.25) is 5.95 Å². The molecule has 6 nitrogen and oxygen atoms in total. The van der Waals surface area contributed by atoms with E-state index in [9.17, 15) is 0 Å². The Morgan fingerprint density at radius 2 is 2.46 bits per heavy atom. The highest BCUT2D eigenvalue weighted by Crippen LogP contribution is 2.16. The third kappa shape index (κ3) is 1.36. The number of rotatable bonds is 2. The zero-order valence-corrected chi connectivity index (χ0v) is 8.19. The molecule has 0 bridgehead atoms. The SMILES string of the molecule is NCNc1ncc(Br)c2nncn12. The molecule has 68 valence electrons. The van der Waals surface area contributed by atoms with Crippen LogP contribution >= 0.6 is 15.9 Å². The predicted octanol–water partition coefficient (Wildman–Crippen LogP) is 0.215. The van der Waals surface area contributed by atoms with Gasteiger partial charge in [-0.1, -0.05) is 0 Å². The van der Waals surface area contributed by atoms with Crippen molar-refractivity contribution >= 4 is 27.5 Å². The Morgan fingerprint density at radius 3 is 3.23 bits per heavy atom. The molecule has 0 aliphatic rings. The normalized spacial score (nSPS) is 10.6. The average Bonchev–Trinajstić information content (AvgIpc) is 2.59. The van der Waals surface area contributed by atoms with E-state index in [1.165, 1.54) is 0 Å². The van der Waals surface area contributed by atoms with Gasteiger partial charge in [-0.25, -0.2) is 4.98 Å². The van der Waals surface area contributed by atoms with E-state index in [2.05, 4.69) is 36.4 Å². The molecule has 0 aliphatic carbocycles. The van der Waals surface area contributed by atoms with Crippen molar-refractivity contribution in [2.75, 3.05) is 12.0 Å². The Balaban J connectivity index is 2.64. The van der Waals surface area contributed by atoms with Gasteiger partial charge in [0, 0.05) is 6.20 Å². The van der Waals surface area contributed by atoms with Crippen LogP contribution in [0.25, 0.3) is 5.65 Å². The van der Waals surface area contributed by atoms with E-state index >= 15 is 0 Å². The van der Waals surface area contributed by atoms with Gasteiger partial charge >= 0.3 is 0 Å². The van der Waals surface area contributed by atoms with Crippen LogP contribution in [0.1, 0.15) is 0 Å². The number of hydrogen-bond donors (Lipinski definition) is 2. The molecule has 0 saturated heterocycles. The number of fused-ring (bicyclic) bond motifs is 1. The summed E-state index contributed by atoms with van der Waals surface area (Å²) in [6, 6.07) is 0. The minimum Gasteiger partial charge on any atom is -0.343 e. The summed E-state index contributed by atoms with van der Waals surface area (Å²) in [5, 5.41) is 10.6. The van der Waals surface area contributed by atoms with Gasteiger partial charge in [-0.3, -0.25) is 4.40 Å². The van der Waals surface area contributed by atoms with Gasteiger partial charge in [-0.05, 0) is 15.9 Å². The Bertz CT molecular complexity index is 424. The predicted molar refractivity (Wildman–Crippen MR) is 51.2 cm³/mol. The highest BCUT2D eigenvalue weighted by atomic mass is 79.9. The van der Waals surface area contributed by atoms with Gasteiger partial charge < -0.3 is 11.1 Å². The van der Waals surface area contributed by atoms with Gasteiger partial charge in [-0.15, -0.1) is 10.2 Å². The maximum absolute atomic E-state index is 5.34. The van der Waals surface area contributed by atoms with Gasteiger partial charge in [0.25, 0.3) is 0 Å². The smallest absolute Gasteiger partial charge is 0.211 e. The van der Waals surface area contributed by atoms with Crippen LogP contribution in [0.3, 0.4) is 0 Å². The number of halogens is 1. The summed E-state index contributed by atoms with van der Waals surface area (Å²) in [5.74, 6) is 0.630. The molecule has 0 spiro atoms. The molecule has 2 heterocycles. The summed E-state index contributed by atoms with van der Waals surface area (Å²) >= 11 is 3.32. The van der Waals surface area contributed by atoms with Crippen LogP contribution in [0.5, 0.6) is 0 Å². The van der Waals surface area contributed by atoms with Crippen LogP contribution in [-0.4, -0.2) is 26.3 Å². The Labute approximate surface area is 82.3 Å². The van der Waals surface area contributed by atoms with E-state index in [0.717, 1.165) is 4.47 Å². The van der Waals surface area contributed by atoms with Crippen molar-refractivity contribution < 1.29 is 0 Å². The summed E-state index contributed by atoms with van der Waals surface area (Å²) in [6.45, 7) is 0.321. The van der Waals surface area contributed by atoms with E-state index in [-0.39, 0.29) is 0 Å². The summed E-state index contributed by atoms with van der Waals surface area (Å²) in [5.41, 5.74) is 6.06. The minimum absolute atomic E-state index is 0.321. The Kier molecular flexibility index (Phi) is 2.11. The lowest BCUT2D eigenvalue weighted by molar-refractivity contribution is 1.01. The summed E-state index contributed by atoms with van der Waals surface area (Å²) in [6.07, 6.45) is 3.23. The maximum Gasteiger partial charge on any atom is 0.211 e. The molecule has 0 aliphatic heterocycles. The molecular weight excluding hydrogens is 236 g/mol. The fourth-order valence-corrected chi connectivity index (χ4v) is 1.39. The number of nitrogens with one attached hydrogen (secondary N) is 1. The summed E-state index contributed by atoms with van der Waals surface area (Å²) in [4.78, 5) is 4.11. The standard InChI is InChI=1S/C6H7BrN6/c7-4-1-9-6(10-2-8)13-3-11-12-5(4)13/h1,3H,2,8H2,(H,9,10). The topological polar surface area (TPSA) is 81.1 Å². The van der Waals surface area contributed by atoms with Crippen LogP contribution in [0.15, 0.2) is 17.0 Å².